The van der Waals surface area contributed by atoms with Gasteiger partial charge in [0, 0.05) is 26.2 Å². The molecule has 1 rings (SSSR count). The maximum Gasteiger partial charge on any atom is 0.242 e. The number of carbonyl (C=O) groups excluding carboxylic acids is 1. The summed E-state index contributed by atoms with van der Waals surface area (Å²) in [5.41, 5.74) is 5.79. The molecule has 1 amide bonds. The van der Waals surface area contributed by atoms with Gasteiger partial charge >= 0.3 is 0 Å². The lowest BCUT2D eigenvalue weighted by molar-refractivity contribution is -0.137. The lowest BCUT2D eigenvalue weighted by Crippen LogP contribution is -2.52. The Labute approximate surface area is 120 Å². The van der Waals surface area contributed by atoms with Crippen molar-refractivity contribution in [1.82, 2.24) is 9.62 Å². The second-order valence-corrected chi connectivity index (χ2v) is 7.03. The summed E-state index contributed by atoms with van der Waals surface area (Å²) in [5.74, 6) is -0.115. The van der Waals surface area contributed by atoms with Crippen molar-refractivity contribution in [2.75, 3.05) is 33.1 Å². The molecule has 0 aromatic carbocycles. The highest BCUT2D eigenvalue weighted by Crippen LogP contribution is 2.20. The lowest BCUT2D eigenvalue weighted by Gasteiger charge is -2.37. The van der Waals surface area contributed by atoms with Crippen molar-refractivity contribution in [2.45, 2.75) is 37.8 Å². The van der Waals surface area contributed by atoms with Crippen molar-refractivity contribution in [3.8, 4) is 0 Å². The highest BCUT2D eigenvalue weighted by molar-refractivity contribution is 7.88. The van der Waals surface area contributed by atoms with Gasteiger partial charge in [-0.05, 0) is 25.7 Å². The number of carbonyl (C=O) groups is 1. The van der Waals surface area contributed by atoms with E-state index in [9.17, 15) is 13.2 Å². The van der Waals surface area contributed by atoms with Crippen LogP contribution in [0.1, 0.15) is 25.7 Å². The first-order valence-corrected chi connectivity index (χ1v) is 8.74. The summed E-state index contributed by atoms with van der Waals surface area (Å²) < 4.78 is 29.5. The molecular weight excluding hydrogens is 282 g/mol. The van der Waals surface area contributed by atoms with Crippen LogP contribution in [0.3, 0.4) is 0 Å². The van der Waals surface area contributed by atoms with Gasteiger partial charge in [0.2, 0.25) is 15.9 Å². The molecule has 0 aromatic heterocycles. The summed E-state index contributed by atoms with van der Waals surface area (Å²) in [6, 6.07) is -0.600. The number of ether oxygens (including phenoxy) is 1. The fraction of sp³-hybridized carbons (Fsp3) is 0.917. The predicted octanol–water partition coefficient (Wildman–Crippen LogP) is -0.719. The molecule has 0 aromatic rings. The lowest BCUT2D eigenvalue weighted by atomic mass is 9.98. The number of nitrogens with two attached hydrogens (primary N) is 1. The van der Waals surface area contributed by atoms with Crippen LogP contribution in [0.15, 0.2) is 0 Å². The van der Waals surface area contributed by atoms with Crippen LogP contribution in [0.25, 0.3) is 0 Å². The topological polar surface area (TPSA) is 102 Å². The van der Waals surface area contributed by atoms with Gasteiger partial charge in [0.15, 0.2) is 0 Å². The van der Waals surface area contributed by atoms with E-state index in [2.05, 4.69) is 4.72 Å². The number of rotatable bonds is 7. The number of nitrogens with zero attached hydrogens (tertiary/aromatic N) is 1. The van der Waals surface area contributed by atoms with E-state index in [0.717, 1.165) is 25.5 Å². The van der Waals surface area contributed by atoms with Crippen LogP contribution in [0, 0.1) is 0 Å². The number of likely N-dealkylation sites (tertiary alicyclic amines) is 1. The standard InChI is InChI=1S/C12H25N3O4S/c1-19-9-11(13)12(16)15-8-4-3-5-10(15)6-7-14-20(2,17)18/h10-11,14H,3-9,13H2,1-2H3. The van der Waals surface area contributed by atoms with E-state index < -0.39 is 16.1 Å². The molecule has 1 aliphatic heterocycles. The second-order valence-electron chi connectivity index (χ2n) is 5.20. The van der Waals surface area contributed by atoms with Gasteiger partial charge in [0.25, 0.3) is 0 Å². The van der Waals surface area contributed by atoms with Crippen molar-refractivity contribution >= 4 is 15.9 Å². The monoisotopic (exact) mass is 307 g/mol. The molecule has 0 saturated carbocycles. The van der Waals surface area contributed by atoms with Gasteiger partial charge in [-0.1, -0.05) is 0 Å². The molecule has 7 nitrogen and oxygen atoms in total. The summed E-state index contributed by atoms with van der Waals surface area (Å²) >= 11 is 0. The van der Waals surface area contributed by atoms with Crippen LogP contribution in [0.2, 0.25) is 0 Å². The molecule has 2 atom stereocenters. The zero-order valence-corrected chi connectivity index (χ0v) is 13.0. The van der Waals surface area contributed by atoms with Crippen LogP contribution in [0.5, 0.6) is 0 Å². The third kappa shape index (κ3) is 5.74. The fourth-order valence-electron chi connectivity index (χ4n) is 2.47. The molecule has 0 radical (unpaired) electrons. The van der Waals surface area contributed by atoms with E-state index in [1.54, 1.807) is 4.90 Å². The molecule has 1 saturated heterocycles. The van der Waals surface area contributed by atoms with Crippen molar-refractivity contribution in [1.29, 1.82) is 0 Å². The van der Waals surface area contributed by atoms with Crippen molar-refractivity contribution < 1.29 is 17.9 Å². The van der Waals surface area contributed by atoms with Crippen LogP contribution >= 0.6 is 0 Å². The van der Waals surface area contributed by atoms with Crippen LogP contribution in [-0.2, 0) is 19.6 Å². The minimum Gasteiger partial charge on any atom is -0.383 e. The molecule has 20 heavy (non-hydrogen) atoms. The van der Waals surface area contributed by atoms with Crippen molar-refractivity contribution in [2.24, 2.45) is 5.73 Å². The first kappa shape index (κ1) is 17.4. The average Bonchev–Trinajstić information content (AvgIpc) is 2.37. The number of piperidine rings is 1. The van der Waals surface area contributed by atoms with E-state index in [-0.39, 0.29) is 18.6 Å². The van der Waals surface area contributed by atoms with Gasteiger partial charge in [-0.25, -0.2) is 13.1 Å². The molecule has 1 fully saturated rings. The third-order valence-corrected chi connectivity index (χ3v) is 4.14. The second kappa shape index (κ2) is 7.92. The summed E-state index contributed by atoms with van der Waals surface area (Å²) in [6.07, 6.45) is 4.63. The summed E-state index contributed by atoms with van der Waals surface area (Å²) in [7, 11) is -1.67. The van der Waals surface area contributed by atoms with Crippen LogP contribution in [0.4, 0.5) is 0 Å². The number of sulfonamides is 1. The predicted molar refractivity (Wildman–Crippen MR) is 76.7 cm³/mol. The Kier molecular flexibility index (Phi) is 6.87. The Morgan fingerprint density at radius 2 is 2.20 bits per heavy atom. The van der Waals surface area contributed by atoms with Crippen molar-refractivity contribution in [3.05, 3.63) is 0 Å². The third-order valence-electron chi connectivity index (χ3n) is 3.42. The number of amides is 1. The van der Waals surface area contributed by atoms with E-state index >= 15 is 0 Å². The Bertz CT molecular complexity index is 413. The molecule has 0 aliphatic carbocycles. The number of methoxy groups -OCH3 is 1. The van der Waals surface area contributed by atoms with Gasteiger partial charge in [-0.2, -0.15) is 0 Å². The summed E-state index contributed by atoms with van der Waals surface area (Å²) in [5, 5.41) is 0. The molecule has 2 unspecified atom stereocenters. The minimum atomic E-state index is -3.19. The number of hydrogen-bond donors (Lipinski definition) is 2. The number of nitrogens with one attached hydrogen (secondary N) is 1. The number of hydrogen-bond acceptors (Lipinski definition) is 5. The zero-order chi connectivity index (χ0) is 15.2. The van der Waals surface area contributed by atoms with E-state index in [4.69, 9.17) is 10.5 Å². The Balaban J connectivity index is 2.55. The van der Waals surface area contributed by atoms with Crippen LogP contribution < -0.4 is 10.5 Å². The molecule has 0 bridgehead atoms. The van der Waals surface area contributed by atoms with E-state index in [0.29, 0.717) is 19.5 Å². The Morgan fingerprint density at radius 1 is 1.50 bits per heavy atom. The maximum absolute atomic E-state index is 12.2. The van der Waals surface area contributed by atoms with Gasteiger partial charge in [0.05, 0.1) is 12.9 Å². The summed E-state index contributed by atoms with van der Waals surface area (Å²) in [6.45, 7) is 1.22. The SMILES string of the molecule is COCC(N)C(=O)N1CCCCC1CCNS(C)(=O)=O. The first-order chi connectivity index (χ1) is 9.35. The smallest absolute Gasteiger partial charge is 0.242 e. The van der Waals surface area contributed by atoms with Gasteiger partial charge < -0.3 is 15.4 Å². The highest BCUT2D eigenvalue weighted by Gasteiger charge is 2.29. The van der Waals surface area contributed by atoms with Gasteiger partial charge in [-0.3, -0.25) is 4.79 Å². The highest BCUT2D eigenvalue weighted by atomic mass is 32.2. The molecule has 1 heterocycles. The molecular formula is C12H25N3O4S. The first-order valence-electron chi connectivity index (χ1n) is 6.85. The van der Waals surface area contributed by atoms with Gasteiger partial charge in [0.1, 0.15) is 6.04 Å². The van der Waals surface area contributed by atoms with Crippen molar-refractivity contribution in [3.63, 3.8) is 0 Å². The maximum atomic E-state index is 12.2. The molecule has 118 valence electrons. The molecule has 3 N–H and O–H groups in total. The van der Waals surface area contributed by atoms with E-state index in [1.165, 1.54) is 7.11 Å². The fourth-order valence-corrected chi connectivity index (χ4v) is 2.95. The Hall–Kier alpha value is -0.700. The quantitative estimate of drug-likeness (QED) is 0.646. The minimum absolute atomic E-state index is 0.0495. The van der Waals surface area contributed by atoms with Gasteiger partial charge in [-0.15, -0.1) is 0 Å². The molecule has 8 heteroatoms. The Morgan fingerprint density at radius 3 is 2.80 bits per heavy atom. The zero-order valence-electron chi connectivity index (χ0n) is 12.2. The molecule has 0 spiro atoms. The largest absolute Gasteiger partial charge is 0.383 e. The van der Waals surface area contributed by atoms with E-state index in [1.807, 2.05) is 0 Å². The molecule has 1 aliphatic rings. The average molecular weight is 307 g/mol. The van der Waals surface area contributed by atoms with Crippen LogP contribution in [-0.4, -0.2) is 64.4 Å². The summed E-state index contributed by atoms with van der Waals surface area (Å²) in [4.78, 5) is 14.0. The normalized spacial score (nSPS) is 21.8.